The second-order valence-corrected chi connectivity index (χ2v) is 4.65. The van der Waals surface area contributed by atoms with Crippen molar-refractivity contribution in [3.63, 3.8) is 0 Å². The number of aliphatic carboxylic acids is 2. The van der Waals surface area contributed by atoms with Crippen LogP contribution in [-0.2, 0) is 9.59 Å². The number of hydrogen-bond donors (Lipinski definition) is 2. The van der Waals surface area contributed by atoms with Gasteiger partial charge in [-0.15, -0.1) is 0 Å². The molecule has 0 saturated carbocycles. The van der Waals surface area contributed by atoms with E-state index in [1.807, 2.05) is 0 Å². The monoisotopic (exact) mass is 320 g/mol. The Kier molecular flexibility index (Phi) is 37.4. The predicted molar refractivity (Wildman–Crippen MR) is 78.2 cm³/mol. The van der Waals surface area contributed by atoms with Gasteiger partial charge in [0.05, 0.1) is 0 Å². The summed E-state index contributed by atoms with van der Waals surface area (Å²) in [6.07, 6.45) is 13.1. The minimum Gasteiger partial charge on any atom is -1.00 e. The molecule has 0 rings (SSSR count). The van der Waals surface area contributed by atoms with Crippen LogP contribution in [0.1, 0.15) is 79.0 Å². The Morgan fingerprint density at radius 1 is 0.857 bits per heavy atom. The van der Waals surface area contributed by atoms with Gasteiger partial charge in [0.1, 0.15) is 6.42 Å². The zero-order valence-corrected chi connectivity index (χ0v) is 17.3. The molecule has 0 spiro atoms. The van der Waals surface area contributed by atoms with Gasteiger partial charge in [0.15, 0.2) is 0 Å². The zero-order valence-electron chi connectivity index (χ0n) is 15.2. The molecular formula is C15H30KLiO4. The SMILES string of the molecule is O=C(O)CC(=O)O.[CH2-]CCCCCCCCCCC.[H-].[K+].[Li+]. The van der Waals surface area contributed by atoms with Gasteiger partial charge in [-0.3, -0.25) is 9.59 Å². The van der Waals surface area contributed by atoms with Gasteiger partial charge in [0.2, 0.25) is 0 Å². The largest absolute Gasteiger partial charge is 1.00 e. The van der Waals surface area contributed by atoms with Crippen molar-refractivity contribution >= 4 is 11.9 Å². The number of rotatable bonds is 11. The molecule has 0 aliphatic heterocycles. The molecule has 0 atom stereocenters. The zero-order chi connectivity index (χ0) is 14.9. The Bertz CT molecular complexity index is 210. The van der Waals surface area contributed by atoms with Crippen LogP contribution >= 0.6 is 0 Å². The molecule has 0 radical (unpaired) electrons. The molecule has 0 unspecified atom stereocenters. The normalized spacial score (nSPS) is 8.67. The van der Waals surface area contributed by atoms with E-state index in [0.717, 1.165) is 6.42 Å². The fraction of sp³-hybridized carbons (Fsp3) is 0.800. The first-order valence-corrected chi connectivity index (χ1v) is 7.27. The van der Waals surface area contributed by atoms with Crippen LogP contribution in [0.25, 0.3) is 0 Å². The van der Waals surface area contributed by atoms with Crippen molar-refractivity contribution < 1.29 is 91.5 Å². The maximum Gasteiger partial charge on any atom is 1.00 e. The first kappa shape index (κ1) is 30.1. The molecule has 0 aliphatic carbocycles. The molecule has 0 aliphatic rings. The summed E-state index contributed by atoms with van der Waals surface area (Å²) < 4.78 is 0. The summed E-state index contributed by atoms with van der Waals surface area (Å²) in [5.74, 6) is -2.62. The molecule has 0 aromatic rings. The minimum absolute atomic E-state index is 0. The van der Waals surface area contributed by atoms with Crippen molar-refractivity contribution in [1.82, 2.24) is 0 Å². The fourth-order valence-electron chi connectivity index (χ4n) is 1.62. The van der Waals surface area contributed by atoms with E-state index in [1.165, 1.54) is 57.8 Å². The maximum atomic E-state index is 9.43. The third-order valence-corrected chi connectivity index (χ3v) is 2.66. The number of unbranched alkanes of at least 4 members (excludes halogenated alkanes) is 9. The van der Waals surface area contributed by atoms with E-state index in [0.29, 0.717) is 0 Å². The molecule has 6 heteroatoms. The van der Waals surface area contributed by atoms with Crippen molar-refractivity contribution in [2.45, 2.75) is 77.6 Å². The Hall–Kier alpha value is 1.17. The van der Waals surface area contributed by atoms with Crippen molar-refractivity contribution in [3.8, 4) is 0 Å². The molecule has 0 aromatic carbocycles. The summed E-state index contributed by atoms with van der Waals surface area (Å²) in [6.45, 7) is 6.12. The van der Waals surface area contributed by atoms with Crippen molar-refractivity contribution in [2.24, 2.45) is 0 Å². The van der Waals surface area contributed by atoms with Gasteiger partial charge in [0, 0.05) is 0 Å². The van der Waals surface area contributed by atoms with Gasteiger partial charge in [-0.1, -0.05) is 64.7 Å². The maximum absolute atomic E-state index is 9.43. The Labute approximate surface area is 185 Å². The minimum atomic E-state index is -1.31. The Morgan fingerprint density at radius 2 is 1.19 bits per heavy atom. The second kappa shape index (κ2) is 26.1. The average molecular weight is 320 g/mol. The standard InChI is InChI=1S/C12H25.C3H4O4.K.Li.H/c1-3-5-7-9-11-12-10-8-6-4-2;4-2(5)1-3(6)7;;;/h1,3-12H2,2H3;1H2,(H,4,5)(H,6,7);;;/q-1;;2*+1;-1. The second-order valence-electron chi connectivity index (χ2n) is 4.65. The van der Waals surface area contributed by atoms with E-state index in [2.05, 4.69) is 13.8 Å². The van der Waals surface area contributed by atoms with Crippen molar-refractivity contribution in [3.05, 3.63) is 6.92 Å². The first-order chi connectivity index (χ1) is 9.04. The van der Waals surface area contributed by atoms with Gasteiger partial charge in [-0.05, 0) is 0 Å². The van der Waals surface area contributed by atoms with Crippen molar-refractivity contribution in [2.75, 3.05) is 0 Å². The summed E-state index contributed by atoms with van der Waals surface area (Å²) in [7, 11) is 0. The topological polar surface area (TPSA) is 74.6 Å². The molecule has 0 aromatic heterocycles. The summed E-state index contributed by atoms with van der Waals surface area (Å²) in [5, 5.41) is 15.4. The Balaban J connectivity index is -0.0000000850. The summed E-state index contributed by atoms with van der Waals surface area (Å²) in [6, 6.07) is 0. The third kappa shape index (κ3) is 38.7. The smallest absolute Gasteiger partial charge is 1.00 e. The molecule has 0 saturated heterocycles. The van der Waals surface area contributed by atoms with E-state index in [-0.39, 0.29) is 71.7 Å². The Morgan fingerprint density at radius 3 is 1.43 bits per heavy atom. The first-order valence-electron chi connectivity index (χ1n) is 7.27. The van der Waals surface area contributed by atoms with E-state index >= 15 is 0 Å². The van der Waals surface area contributed by atoms with Gasteiger partial charge < -0.3 is 18.6 Å². The number of carboxylic acid groups (broad SMARTS) is 2. The summed E-state index contributed by atoms with van der Waals surface area (Å²) in [4.78, 5) is 18.9. The average Bonchev–Trinajstić information content (AvgIpc) is 2.32. The summed E-state index contributed by atoms with van der Waals surface area (Å²) in [5.41, 5.74) is 0. The number of carboxylic acids is 2. The van der Waals surface area contributed by atoms with Crippen LogP contribution < -0.4 is 70.2 Å². The van der Waals surface area contributed by atoms with E-state index in [4.69, 9.17) is 10.2 Å². The van der Waals surface area contributed by atoms with E-state index in [1.54, 1.807) is 0 Å². The molecule has 2 N–H and O–H groups in total. The van der Waals surface area contributed by atoms with Crippen LogP contribution in [0.5, 0.6) is 0 Å². The van der Waals surface area contributed by atoms with Crippen LogP contribution in [0.2, 0.25) is 0 Å². The van der Waals surface area contributed by atoms with Gasteiger partial charge in [-0.25, -0.2) is 0 Å². The molecular weight excluding hydrogens is 290 g/mol. The predicted octanol–water partition coefficient (Wildman–Crippen LogP) is -1.59. The third-order valence-electron chi connectivity index (χ3n) is 2.66. The molecule has 4 nitrogen and oxygen atoms in total. The van der Waals surface area contributed by atoms with Gasteiger partial charge in [0.25, 0.3) is 0 Å². The van der Waals surface area contributed by atoms with Gasteiger partial charge >= 0.3 is 82.2 Å². The van der Waals surface area contributed by atoms with Crippen LogP contribution in [0.15, 0.2) is 0 Å². The van der Waals surface area contributed by atoms with E-state index in [9.17, 15) is 9.59 Å². The summed E-state index contributed by atoms with van der Waals surface area (Å²) >= 11 is 0. The number of carbonyl (C=O) groups is 2. The molecule has 116 valence electrons. The van der Waals surface area contributed by atoms with Gasteiger partial charge in [-0.2, -0.15) is 6.42 Å². The molecule has 0 fully saturated rings. The molecule has 21 heavy (non-hydrogen) atoms. The number of hydrogen-bond acceptors (Lipinski definition) is 2. The quantitative estimate of drug-likeness (QED) is 0.208. The molecule has 0 heterocycles. The van der Waals surface area contributed by atoms with Crippen LogP contribution in [0, 0.1) is 6.92 Å². The van der Waals surface area contributed by atoms with Crippen LogP contribution in [0.3, 0.4) is 0 Å². The van der Waals surface area contributed by atoms with E-state index < -0.39 is 18.4 Å². The van der Waals surface area contributed by atoms with Crippen molar-refractivity contribution in [1.29, 1.82) is 0 Å². The molecule has 0 bridgehead atoms. The van der Waals surface area contributed by atoms with Crippen LogP contribution in [-0.4, -0.2) is 22.2 Å². The van der Waals surface area contributed by atoms with Crippen LogP contribution in [0.4, 0.5) is 0 Å². The fourth-order valence-corrected chi connectivity index (χ4v) is 1.62. The molecule has 0 amide bonds.